The molecule has 1 rings (SSSR count). The second-order valence-corrected chi connectivity index (χ2v) is 4.97. The molecule has 1 atom stereocenters. The van der Waals surface area contributed by atoms with Gasteiger partial charge in [-0.3, -0.25) is 0 Å². The lowest BCUT2D eigenvalue weighted by Crippen LogP contribution is -1.97. The molecule has 66 valence electrons. The Morgan fingerprint density at radius 3 is 2.42 bits per heavy atom. The Labute approximate surface area is 83.1 Å². The summed E-state index contributed by atoms with van der Waals surface area (Å²) in [5.41, 5.74) is 4.18. The number of halogens is 1. The maximum Gasteiger partial charge on any atom is 0.0157 e. The summed E-state index contributed by atoms with van der Waals surface area (Å²) in [4.78, 5) is 0.569. The topological polar surface area (TPSA) is 0 Å². The van der Waals surface area contributed by atoms with Crippen molar-refractivity contribution < 1.29 is 0 Å². The highest BCUT2D eigenvalue weighted by atomic mass is 79.9. The van der Waals surface area contributed by atoms with E-state index in [1.54, 1.807) is 0 Å². The fraction of sp³-hybridized carbons (Fsp3) is 0.455. The minimum atomic E-state index is 0.569. The maximum absolute atomic E-state index is 3.55. The molecule has 0 aliphatic carbocycles. The highest BCUT2D eigenvalue weighted by Gasteiger charge is 1.99. The molecule has 1 heteroatoms. The fourth-order valence-corrected chi connectivity index (χ4v) is 1.63. The molecule has 0 aliphatic heterocycles. The average Bonchev–Trinajstić information content (AvgIpc) is 1.96. The van der Waals surface area contributed by atoms with Crippen LogP contribution in [0.15, 0.2) is 18.2 Å². The Morgan fingerprint density at radius 1 is 1.25 bits per heavy atom. The molecule has 0 heterocycles. The summed E-state index contributed by atoms with van der Waals surface area (Å²) >= 11 is 3.55. The van der Waals surface area contributed by atoms with E-state index in [9.17, 15) is 0 Å². The Bertz CT molecular complexity index is 264. The van der Waals surface area contributed by atoms with Gasteiger partial charge in [0.1, 0.15) is 0 Å². The van der Waals surface area contributed by atoms with Crippen molar-refractivity contribution in [1.29, 1.82) is 0 Å². The summed E-state index contributed by atoms with van der Waals surface area (Å²) in [6.45, 7) is 6.49. The van der Waals surface area contributed by atoms with Crippen molar-refractivity contribution in [3.8, 4) is 0 Å². The third kappa shape index (κ3) is 2.63. The van der Waals surface area contributed by atoms with E-state index in [-0.39, 0.29) is 0 Å². The van der Waals surface area contributed by atoms with Crippen molar-refractivity contribution in [3.63, 3.8) is 0 Å². The first-order valence-corrected chi connectivity index (χ1v) is 5.21. The van der Waals surface area contributed by atoms with Gasteiger partial charge in [0.2, 0.25) is 0 Å². The molecule has 12 heavy (non-hydrogen) atoms. The first-order chi connectivity index (χ1) is 5.59. The van der Waals surface area contributed by atoms with Crippen LogP contribution in [0.25, 0.3) is 0 Å². The second-order valence-electron chi connectivity index (χ2n) is 3.40. The normalized spacial score (nSPS) is 13.0. The highest BCUT2D eigenvalue weighted by Crippen LogP contribution is 2.13. The molecule has 0 aromatic heterocycles. The van der Waals surface area contributed by atoms with E-state index in [0.717, 1.165) is 6.42 Å². The van der Waals surface area contributed by atoms with Crippen molar-refractivity contribution in [2.75, 3.05) is 0 Å². The molecule has 1 aromatic carbocycles. The Morgan fingerprint density at radius 2 is 1.92 bits per heavy atom. The van der Waals surface area contributed by atoms with Gasteiger partial charge in [-0.2, -0.15) is 0 Å². The van der Waals surface area contributed by atoms with E-state index in [4.69, 9.17) is 0 Å². The summed E-state index contributed by atoms with van der Waals surface area (Å²) in [6.07, 6.45) is 1.11. The lowest BCUT2D eigenvalue weighted by Gasteiger charge is -2.06. The van der Waals surface area contributed by atoms with Gasteiger partial charge in [0.25, 0.3) is 0 Å². The van der Waals surface area contributed by atoms with Crippen molar-refractivity contribution >= 4 is 15.9 Å². The molecule has 0 N–H and O–H groups in total. The summed E-state index contributed by atoms with van der Waals surface area (Å²) in [5.74, 6) is 0. The van der Waals surface area contributed by atoms with Gasteiger partial charge in [-0.05, 0) is 37.0 Å². The average molecular weight is 227 g/mol. The lowest BCUT2D eigenvalue weighted by molar-refractivity contribution is 0.956. The molecule has 1 unspecified atom stereocenters. The van der Waals surface area contributed by atoms with Crippen molar-refractivity contribution in [2.24, 2.45) is 0 Å². The third-order valence-corrected chi connectivity index (χ3v) is 2.41. The van der Waals surface area contributed by atoms with Crippen LogP contribution in [0.4, 0.5) is 0 Å². The van der Waals surface area contributed by atoms with E-state index in [2.05, 4.69) is 54.9 Å². The van der Waals surface area contributed by atoms with Gasteiger partial charge in [0.05, 0.1) is 0 Å². The summed E-state index contributed by atoms with van der Waals surface area (Å²) < 4.78 is 0. The van der Waals surface area contributed by atoms with Crippen LogP contribution in [0.5, 0.6) is 0 Å². The zero-order valence-corrected chi connectivity index (χ0v) is 9.48. The molecule has 0 nitrogen and oxygen atoms in total. The van der Waals surface area contributed by atoms with Crippen LogP contribution in [-0.2, 0) is 6.42 Å². The van der Waals surface area contributed by atoms with Gasteiger partial charge >= 0.3 is 0 Å². The van der Waals surface area contributed by atoms with Crippen LogP contribution >= 0.6 is 15.9 Å². The lowest BCUT2D eigenvalue weighted by atomic mass is 10.0. The first kappa shape index (κ1) is 9.79. The first-order valence-electron chi connectivity index (χ1n) is 4.30. The summed E-state index contributed by atoms with van der Waals surface area (Å²) in [6, 6.07) is 6.67. The number of aryl methyl sites for hydroxylation is 2. The SMILES string of the molecule is Cc1ccc(CC(C)Br)cc1C. The largest absolute Gasteiger partial charge is 0.0890 e. The molecule has 0 amide bonds. The Balaban J connectivity index is 2.82. The van der Waals surface area contributed by atoms with Crippen LogP contribution in [0.3, 0.4) is 0 Å². The maximum atomic E-state index is 3.55. The van der Waals surface area contributed by atoms with E-state index >= 15 is 0 Å². The van der Waals surface area contributed by atoms with Gasteiger partial charge < -0.3 is 0 Å². The van der Waals surface area contributed by atoms with E-state index in [1.165, 1.54) is 16.7 Å². The van der Waals surface area contributed by atoms with Gasteiger partial charge in [0.15, 0.2) is 0 Å². The highest BCUT2D eigenvalue weighted by molar-refractivity contribution is 9.09. The quantitative estimate of drug-likeness (QED) is 0.677. The smallest absolute Gasteiger partial charge is 0.0157 e. The number of hydrogen-bond acceptors (Lipinski definition) is 0. The summed E-state index contributed by atoms with van der Waals surface area (Å²) in [7, 11) is 0. The standard InChI is InChI=1S/C11H15Br/c1-8-4-5-11(6-9(8)2)7-10(3)12/h4-6,10H,7H2,1-3H3. The number of alkyl halides is 1. The van der Waals surface area contributed by atoms with Gasteiger partial charge in [-0.15, -0.1) is 0 Å². The molecule has 0 saturated heterocycles. The molecular weight excluding hydrogens is 212 g/mol. The Hall–Kier alpha value is -0.300. The fourth-order valence-electron chi connectivity index (χ4n) is 1.26. The zero-order valence-electron chi connectivity index (χ0n) is 7.89. The van der Waals surface area contributed by atoms with Crippen molar-refractivity contribution in [2.45, 2.75) is 32.0 Å². The molecule has 1 aromatic rings. The summed E-state index contributed by atoms with van der Waals surface area (Å²) in [5, 5.41) is 0. The molecule has 0 spiro atoms. The van der Waals surface area contributed by atoms with Crippen molar-refractivity contribution in [3.05, 3.63) is 34.9 Å². The molecule has 0 radical (unpaired) electrons. The van der Waals surface area contributed by atoms with E-state index < -0.39 is 0 Å². The predicted molar refractivity (Wildman–Crippen MR) is 58.0 cm³/mol. The number of hydrogen-bond donors (Lipinski definition) is 0. The van der Waals surface area contributed by atoms with E-state index in [0.29, 0.717) is 4.83 Å². The second kappa shape index (κ2) is 4.08. The van der Waals surface area contributed by atoms with Gasteiger partial charge in [-0.1, -0.05) is 41.1 Å². The minimum absolute atomic E-state index is 0.569. The van der Waals surface area contributed by atoms with Crippen molar-refractivity contribution in [1.82, 2.24) is 0 Å². The van der Waals surface area contributed by atoms with Crippen LogP contribution in [0.2, 0.25) is 0 Å². The number of rotatable bonds is 2. The monoisotopic (exact) mass is 226 g/mol. The minimum Gasteiger partial charge on any atom is -0.0890 e. The van der Waals surface area contributed by atoms with Gasteiger partial charge in [-0.25, -0.2) is 0 Å². The zero-order chi connectivity index (χ0) is 9.14. The van der Waals surface area contributed by atoms with Crippen LogP contribution in [0, 0.1) is 13.8 Å². The predicted octanol–water partition coefficient (Wildman–Crippen LogP) is 3.63. The Kier molecular flexibility index (Phi) is 3.33. The molecule has 0 saturated carbocycles. The van der Waals surface area contributed by atoms with Gasteiger partial charge in [0, 0.05) is 4.83 Å². The molecule has 0 fully saturated rings. The molecule has 0 aliphatic rings. The van der Waals surface area contributed by atoms with Crippen LogP contribution in [-0.4, -0.2) is 4.83 Å². The molecular formula is C11H15Br. The van der Waals surface area contributed by atoms with Crippen LogP contribution in [0.1, 0.15) is 23.6 Å². The third-order valence-electron chi connectivity index (χ3n) is 2.09. The molecule has 0 bridgehead atoms. The van der Waals surface area contributed by atoms with E-state index in [1.807, 2.05) is 0 Å². The number of benzene rings is 1. The van der Waals surface area contributed by atoms with Crippen LogP contribution < -0.4 is 0 Å².